The zero-order valence-electron chi connectivity index (χ0n) is 13.4. The number of amides is 1. The van der Waals surface area contributed by atoms with Crippen LogP contribution in [0.5, 0.6) is 0 Å². The van der Waals surface area contributed by atoms with Crippen LogP contribution in [0.2, 0.25) is 0 Å². The third kappa shape index (κ3) is 3.37. The number of aromatic nitrogens is 2. The zero-order chi connectivity index (χ0) is 16.4. The molecule has 1 aliphatic heterocycles. The Hall–Kier alpha value is -1.95. The highest BCUT2D eigenvalue weighted by Crippen LogP contribution is 2.24. The van der Waals surface area contributed by atoms with Gasteiger partial charge in [-0.1, -0.05) is 19.9 Å². The van der Waals surface area contributed by atoms with Crippen LogP contribution in [0.3, 0.4) is 0 Å². The Balaban J connectivity index is 1.87. The molecule has 2 aromatic rings. The zero-order valence-corrected chi connectivity index (χ0v) is 14.3. The number of thiophene rings is 1. The van der Waals surface area contributed by atoms with Crippen molar-refractivity contribution in [3.63, 3.8) is 0 Å². The van der Waals surface area contributed by atoms with Crippen LogP contribution in [0.1, 0.15) is 32.7 Å². The normalized spacial score (nSPS) is 18.4. The van der Waals surface area contributed by atoms with Crippen LogP contribution < -0.4 is 5.56 Å². The Bertz CT molecular complexity index is 737. The first-order chi connectivity index (χ1) is 11.1. The molecule has 0 spiro atoms. The summed E-state index contributed by atoms with van der Waals surface area (Å²) in [5.41, 5.74) is 0.709. The molecular formula is C17H21N3O2S. The Kier molecular flexibility index (Phi) is 4.61. The van der Waals surface area contributed by atoms with Crippen molar-refractivity contribution < 1.29 is 4.79 Å². The van der Waals surface area contributed by atoms with Crippen LogP contribution >= 0.6 is 11.3 Å². The SMILES string of the molecule is CC(C)C(=O)N1CCCC(n2nc(-c3cccs3)ccc2=O)C1. The first-order valence-electron chi connectivity index (χ1n) is 7.99. The third-order valence-electron chi connectivity index (χ3n) is 4.15. The van der Waals surface area contributed by atoms with Gasteiger partial charge in [0.05, 0.1) is 10.9 Å². The maximum Gasteiger partial charge on any atom is 0.267 e. The fourth-order valence-electron chi connectivity index (χ4n) is 2.96. The maximum absolute atomic E-state index is 12.3. The molecule has 0 saturated carbocycles. The molecule has 1 saturated heterocycles. The standard InChI is InChI=1S/C17H21N3O2S/c1-12(2)17(22)19-9-3-5-13(11-19)20-16(21)8-7-14(18-20)15-6-4-10-23-15/h4,6-8,10,12-13H,3,5,9,11H2,1-2H3. The summed E-state index contributed by atoms with van der Waals surface area (Å²) in [5, 5.41) is 6.55. The molecular weight excluding hydrogens is 310 g/mol. The van der Waals surface area contributed by atoms with Gasteiger partial charge in [-0.2, -0.15) is 5.10 Å². The van der Waals surface area contributed by atoms with E-state index in [0.717, 1.165) is 30.0 Å². The lowest BCUT2D eigenvalue weighted by Crippen LogP contribution is -2.44. The van der Waals surface area contributed by atoms with Crippen LogP contribution in [0.25, 0.3) is 10.6 Å². The van der Waals surface area contributed by atoms with Gasteiger partial charge >= 0.3 is 0 Å². The first-order valence-corrected chi connectivity index (χ1v) is 8.87. The van der Waals surface area contributed by atoms with Crippen LogP contribution in [-0.4, -0.2) is 33.7 Å². The molecule has 1 amide bonds. The van der Waals surface area contributed by atoms with Gasteiger partial charge in [-0.3, -0.25) is 9.59 Å². The molecule has 0 aromatic carbocycles. The summed E-state index contributed by atoms with van der Waals surface area (Å²) >= 11 is 1.60. The second-order valence-corrected chi connectivity index (χ2v) is 7.16. The molecule has 3 heterocycles. The average Bonchev–Trinajstić information content (AvgIpc) is 3.09. The van der Waals surface area contributed by atoms with Crippen molar-refractivity contribution in [2.24, 2.45) is 5.92 Å². The van der Waals surface area contributed by atoms with E-state index in [-0.39, 0.29) is 23.4 Å². The van der Waals surface area contributed by atoms with E-state index in [9.17, 15) is 9.59 Å². The highest BCUT2D eigenvalue weighted by molar-refractivity contribution is 7.13. The van der Waals surface area contributed by atoms with Gasteiger partial charge in [0, 0.05) is 25.1 Å². The van der Waals surface area contributed by atoms with E-state index in [2.05, 4.69) is 5.10 Å². The molecule has 1 fully saturated rings. The highest BCUT2D eigenvalue weighted by Gasteiger charge is 2.27. The predicted molar refractivity (Wildman–Crippen MR) is 91.5 cm³/mol. The Morgan fingerprint density at radius 1 is 1.35 bits per heavy atom. The van der Waals surface area contributed by atoms with E-state index >= 15 is 0 Å². The number of piperidine rings is 1. The fraction of sp³-hybridized carbons (Fsp3) is 0.471. The average molecular weight is 331 g/mol. The van der Waals surface area contributed by atoms with Gasteiger partial charge in [0.15, 0.2) is 0 Å². The number of rotatable bonds is 3. The van der Waals surface area contributed by atoms with Crippen molar-refractivity contribution in [1.29, 1.82) is 0 Å². The number of nitrogens with zero attached hydrogens (tertiary/aromatic N) is 3. The molecule has 6 heteroatoms. The number of carbonyl (C=O) groups is 1. The molecule has 122 valence electrons. The molecule has 23 heavy (non-hydrogen) atoms. The van der Waals surface area contributed by atoms with Crippen molar-refractivity contribution in [1.82, 2.24) is 14.7 Å². The van der Waals surface area contributed by atoms with Crippen LogP contribution in [0.15, 0.2) is 34.4 Å². The predicted octanol–water partition coefficient (Wildman–Crippen LogP) is 2.79. The van der Waals surface area contributed by atoms with Gasteiger partial charge in [-0.15, -0.1) is 11.3 Å². The van der Waals surface area contributed by atoms with Gasteiger partial charge in [0.25, 0.3) is 5.56 Å². The smallest absolute Gasteiger partial charge is 0.267 e. The number of carbonyl (C=O) groups excluding carboxylic acids is 1. The summed E-state index contributed by atoms with van der Waals surface area (Å²) in [6.45, 7) is 5.16. The van der Waals surface area contributed by atoms with Crippen molar-refractivity contribution in [3.8, 4) is 10.6 Å². The largest absolute Gasteiger partial charge is 0.340 e. The lowest BCUT2D eigenvalue weighted by Gasteiger charge is -2.34. The molecule has 3 rings (SSSR count). The molecule has 0 aliphatic carbocycles. The van der Waals surface area contributed by atoms with Crippen molar-refractivity contribution >= 4 is 17.2 Å². The number of hydrogen-bond donors (Lipinski definition) is 0. The second-order valence-electron chi connectivity index (χ2n) is 6.21. The van der Waals surface area contributed by atoms with Gasteiger partial charge in [0.1, 0.15) is 5.69 Å². The molecule has 1 aliphatic rings. The molecule has 5 nitrogen and oxygen atoms in total. The minimum Gasteiger partial charge on any atom is -0.340 e. The minimum absolute atomic E-state index is 0.0177. The molecule has 0 radical (unpaired) electrons. The molecule has 0 N–H and O–H groups in total. The Labute approximate surface area is 139 Å². The Morgan fingerprint density at radius 3 is 2.87 bits per heavy atom. The van der Waals surface area contributed by atoms with E-state index < -0.39 is 0 Å². The van der Waals surface area contributed by atoms with Crippen LogP contribution in [0.4, 0.5) is 0 Å². The highest BCUT2D eigenvalue weighted by atomic mass is 32.1. The van der Waals surface area contributed by atoms with E-state index in [1.54, 1.807) is 28.2 Å². The van der Waals surface area contributed by atoms with Gasteiger partial charge in [-0.05, 0) is 30.4 Å². The molecule has 2 aromatic heterocycles. The summed E-state index contributed by atoms with van der Waals surface area (Å²) in [6, 6.07) is 7.27. The summed E-state index contributed by atoms with van der Waals surface area (Å²) < 4.78 is 1.56. The van der Waals surface area contributed by atoms with E-state index in [1.165, 1.54) is 0 Å². The van der Waals surface area contributed by atoms with Gasteiger partial charge < -0.3 is 4.90 Å². The topological polar surface area (TPSA) is 55.2 Å². The minimum atomic E-state index is -0.103. The maximum atomic E-state index is 12.3. The van der Waals surface area contributed by atoms with Crippen LogP contribution in [-0.2, 0) is 4.79 Å². The summed E-state index contributed by atoms with van der Waals surface area (Å²) in [4.78, 5) is 27.4. The molecule has 1 unspecified atom stereocenters. The summed E-state index contributed by atoms with van der Waals surface area (Å²) in [7, 11) is 0. The van der Waals surface area contributed by atoms with E-state index in [1.807, 2.05) is 36.3 Å². The van der Waals surface area contributed by atoms with Gasteiger partial charge in [-0.25, -0.2) is 4.68 Å². The van der Waals surface area contributed by atoms with Gasteiger partial charge in [0.2, 0.25) is 5.91 Å². The number of hydrogen-bond acceptors (Lipinski definition) is 4. The van der Waals surface area contributed by atoms with E-state index in [4.69, 9.17) is 0 Å². The Morgan fingerprint density at radius 2 is 2.17 bits per heavy atom. The third-order valence-corrected chi connectivity index (χ3v) is 5.04. The van der Waals surface area contributed by atoms with Crippen molar-refractivity contribution in [3.05, 3.63) is 40.0 Å². The molecule has 1 atom stereocenters. The lowest BCUT2D eigenvalue weighted by atomic mass is 10.0. The second kappa shape index (κ2) is 6.66. The fourth-order valence-corrected chi connectivity index (χ4v) is 3.65. The van der Waals surface area contributed by atoms with E-state index in [0.29, 0.717) is 6.54 Å². The van der Waals surface area contributed by atoms with Crippen LogP contribution in [0, 0.1) is 5.92 Å². The lowest BCUT2D eigenvalue weighted by molar-refractivity contribution is -0.136. The molecule has 0 bridgehead atoms. The first kappa shape index (κ1) is 15.9. The monoisotopic (exact) mass is 331 g/mol. The quantitative estimate of drug-likeness (QED) is 0.869. The summed E-state index contributed by atoms with van der Waals surface area (Å²) in [6.07, 6.45) is 1.78. The number of likely N-dealkylation sites (tertiary alicyclic amines) is 1. The van der Waals surface area contributed by atoms with Crippen molar-refractivity contribution in [2.45, 2.75) is 32.7 Å². The van der Waals surface area contributed by atoms with Crippen molar-refractivity contribution in [2.75, 3.05) is 13.1 Å². The summed E-state index contributed by atoms with van der Waals surface area (Å²) in [5.74, 6) is 0.132.